The number of hydrogen-bond acceptors (Lipinski definition) is 3. The largest absolute Gasteiger partial charge is 0.496 e. The molecule has 0 aliphatic rings. The van der Waals surface area contributed by atoms with E-state index in [1.165, 1.54) is 6.07 Å². The first-order valence-corrected chi connectivity index (χ1v) is 6.61. The molecule has 0 radical (unpaired) electrons. The molecule has 0 aliphatic carbocycles. The summed E-state index contributed by atoms with van der Waals surface area (Å²) in [6.07, 6.45) is 0.897. The predicted molar refractivity (Wildman–Crippen MR) is 77.8 cm³/mol. The van der Waals surface area contributed by atoms with Crippen molar-refractivity contribution in [2.24, 2.45) is 0 Å². The number of ether oxygens (including phenoxy) is 1. The SMILES string of the molecule is COc1ccccc1-c1nc2c(F)cccn2c1C(C)O. The van der Waals surface area contributed by atoms with Crippen molar-refractivity contribution in [2.45, 2.75) is 13.0 Å². The number of imidazole rings is 1. The van der Waals surface area contributed by atoms with Crippen LogP contribution in [-0.4, -0.2) is 21.6 Å². The van der Waals surface area contributed by atoms with Crippen molar-refractivity contribution < 1.29 is 14.2 Å². The highest BCUT2D eigenvalue weighted by Gasteiger charge is 2.21. The lowest BCUT2D eigenvalue weighted by atomic mass is 10.1. The molecule has 0 fully saturated rings. The molecular weight excluding hydrogens is 271 g/mol. The van der Waals surface area contributed by atoms with E-state index in [4.69, 9.17) is 4.74 Å². The lowest BCUT2D eigenvalue weighted by Crippen LogP contribution is -2.00. The standard InChI is InChI=1S/C16H15FN2O2/c1-10(20)15-14(11-6-3-4-8-13(11)21-2)18-16-12(17)7-5-9-19(15)16/h3-10,20H,1-2H3. The van der Waals surface area contributed by atoms with Gasteiger partial charge in [-0.15, -0.1) is 0 Å². The number of hydrogen-bond donors (Lipinski definition) is 1. The van der Waals surface area contributed by atoms with Gasteiger partial charge in [0.15, 0.2) is 11.5 Å². The second kappa shape index (κ2) is 5.18. The minimum absolute atomic E-state index is 0.189. The van der Waals surface area contributed by atoms with Crippen molar-refractivity contribution in [3.05, 3.63) is 54.1 Å². The Bertz CT molecular complexity index is 796. The molecule has 1 unspecified atom stereocenters. The van der Waals surface area contributed by atoms with Crippen LogP contribution in [0.3, 0.4) is 0 Å². The number of aromatic nitrogens is 2. The van der Waals surface area contributed by atoms with Gasteiger partial charge in [-0.1, -0.05) is 12.1 Å². The number of benzene rings is 1. The molecule has 1 atom stereocenters. The smallest absolute Gasteiger partial charge is 0.174 e. The van der Waals surface area contributed by atoms with Crippen LogP contribution < -0.4 is 4.74 Å². The molecule has 0 spiro atoms. The third-order valence-electron chi connectivity index (χ3n) is 3.40. The zero-order chi connectivity index (χ0) is 15.0. The van der Waals surface area contributed by atoms with Crippen molar-refractivity contribution in [2.75, 3.05) is 7.11 Å². The van der Waals surface area contributed by atoms with E-state index < -0.39 is 11.9 Å². The van der Waals surface area contributed by atoms with E-state index in [1.54, 1.807) is 30.7 Å². The number of para-hydroxylation sites is 1. The molecule has 3 aromatic rings. The molecular formula is C16H15FN2O2. The van der Waals surface area contributed by atoms with Crippen molar-refractivity contribution in [3.8, 4) is 17.0 Å². The summed E-state index contributed by atoms with van der Waals surface area (Å²) < 4.78 is 20.9. The van der Waals surface area contributed by atoms with Crippen LogP contribution in [0.4, 0.5) is 4.39 Å². The maximum atomic E-state index is 13.9. The highest BCUT2D eigenvalue weighted by Crippen LogP contribution is 2.35. The van der Waals surface area contributed by atoms with Gasteiger partial charge in [0.2, 0.25) is 0 Å². The molecule has 1 N–H and O–H groups in total. The second-order valence-electron chi connectivity index (χ2n) is 4.77. The third-order valence-corrected chi connectivity index (χ3v) is 3.40. The molecule has 1 aromatic carbocycles. The lowest BCUT2D eigenvalue weighted by molar-refractivity contribution is 0.194. The van der Waals surface area contributed by atoms with E-state index in [-0.39, 0.29) is 5.65 Å². The first-order chi connectivity index (χ1) is 10.1. The van der Waals surface area contributed by atoms with E-state index in [0.29, 0.717) is 17.1 Å². The van der Waals surface area contributed by atoms with Gasteiger partial charge >= 0.3 is 0 Å². The molecule has 4 nitrogen and oxygen atoms in total. The Balaban J connectivity index is 2.37. The Morgan fingerprint density at radius 3 is 2.71 bits per heavy atom. The lowest BCUT2D eigenvalue weighted by Gasteiger charge is -2.10. The summed E-state index contributed by atoms with van der Waals surface area (Å²) in [5, 5.41) is 10.1. The van der Waals surface area contributed by atoms with Gasteiger partial charge in [-0.3, -0.25) is 4.40 Å². The van der Waals surface area contributed by atoms with Gasteiger partial charge in [-0.05, 0) is 31.2 Å². The Morgan fingerprint density at radius 2 is 2.00 bits per heavy atom. The fraction of sp³-hybridized carbons (Fsp3) is 0.188. The maximum absolute atomic E-state index is 13.9. The van der Waals surface area contributed by atoms with Crippen LogP contribution in [0.25, 0.3) is 16.9 Å². The Hall–Kier alpha value is -2.40. The maximum Gasteiger partial charge on any atom is 0.174 e. The fourth-order valence-electron chi connectivity index (χ4n) is 2.49. The molecule has 0 saturated heterocycles. The van der Waals surface area contributed by atoms with Crippen molar-refractivity contribution in [1.82, 2.24) is 9.38 Å². The second-order valence-corrected chi connectivity index (χ2v) is 4.77. The number of methoxy groups -OCH3 is 1. The molecule has 0 amide bonds. The van der Waals surface area contributed by atoms with Crippen LogP contribution >= 0.6 is 0 Å². The number of aliphatic hydroxyl groups excluding tert-OH is 1. The fourth-order valence-corrected chi connectivity index (χ4v) is 2.49. The first kappa shape index (κ1) is 13.6. The average molecular weight is 286 g/mol. The molecule has 21 heavy (non-hydrogen) atoms. The minimum Gasteiger partial charge on any atom is -0.496 e. The third kappa shape index (κ3) is 2.15. The number of nitrogens with zero attached hydrogens (tertiary/aromatic N) is 2. The van der Waals surface area contributed by atoms with Gasteiger partial charge in [0.05, 0.1) is 24.6 Å². The van der Waals surface area contributed by atoms with Crippen LogP contribution in [0.5, 0.6) is 5.75 Å². The predicted octanol–water partition coefficient (Wildman–Crippen LogP) is 3.20. The molecule has 0 saturated carbocycles. The topological polar surface area (TPSA) is 46.8 Å². The highest BCUT2D eigenvalue weighted by molar-refractivity contribution is 5.72. The molecule has 5 heteroatoms. The Morgan fingerprint density at radius 1 is 1.24 bits per heavy atom. The van der Waals surface area contributed by atoms with Gasteiger partial charge in [0.25, 0.3) is 0 Å². The van der Waals surface area contributed by atoms with E-state index >= 15 is 0 Å². The van der Waals surface area contributed by atoms with Crippen molar-refractivity contribution in [1.29, 1.82) is 0 Å². The summed E-state index contributed by atoms with van der Waals surface area (Å²) in [4.78, 5) is 4.36. The van der Waals surface area contributed by atoms with Crippen molar-refractivity contribution >= 4 is 5.65 Å². The molecule has 108 valence electrons. The molecule has 2 heterocycles. The van der Waals surface area contributed by atoms with Gasteiger partial charge < -0.3 is 9.84 Å². The van der Waals surface area contributed by atoms with Gasteiger partial charge in [-0.25, -0.2) is 9.37 Å². The quantitative estimate of drug-likeness (QED) is 0.804. The van der Waals surface area contributed by atoms with Crippen molar-refractivity contribution in [3.63, 3.8) is 0 Å². The molecule has 2 aromatic heterocycles. The number of halogens is 1. The van der Waals surface area contributed by atoms with Crippen LogP contribution in [0.1, 0.15) is 18.7 Å². The average Bonchev–Trinajstić information content (AvgIpc) is 2.88. The number of fused-ring (bicyclic) bond motifs is 1. The summed E-state index contributed by atoms with van der Waals surface area (Å²) in [6, 6.07) is 10.3. The van der Waals surface area contributed by atoms with Crippen LogP contribution in [-0.2, 0) is 0 Å². The van der Waals surface area contributed by atoms with Gasteiger partial charge in [0.1, 0.15) is 5.75 Å². The van der Waals surface area contributed by atoms with E-state index in [1.807, 2.05) is 24.3 Å². The Labute approximate surface area is 121 Å². The number of aliphatic hydroxyl groups is 1. The monoisotopic (exact) mass is 286 g/mol. The zero-order valence-corrected chi connectivity index (χ0v) is 11.7. The Kier molecular flexibility index (Phi) is 3.35. The molecule has 0 bridgehead atoms. The summed E-state index contributed by atoms with van der Waals surface area (Å²) in [5.74, 6) is 0.198. The number of pyridine rings is 1. The van der Waals surface area contributed by atoms with E-state index in [9.17, 15) is 9.50 Å². The van der Waals surface area contributed by atoms with Crippen LogP contribution in [0, 0.1) is 5.82 Å². The van der Waals surface area contributed by atoms with Gasteiger partial charge in [-0.2, -0.15) is 0 Å². The zero-order valence-electron chi connectivity index (χ0n) is 11.7. The van der Waals surface area contributed by atoms with Crippen LogP contribution in [0.15, 0.2) is 42.6 Å². The number of rotatable bonds is 3. The normalized spacial score (nSPS) is 12.6. The first-order valence-electron chi connectivity index (χ1n) is 6.61. The summed E-state index contributed by atoms with van der Waals surface area (Å²) >= 11 is 0. The molecule has 0 aliphatic heterocycles. The summed E-state index contributed by atoms with van der Waals surface area (Å²) in [5.41, 5.74) is 1.97. The summed E-state index contributed by atoms with van der Waals surface area (Å²) in [6.45, 7) is 1.63. The minimum atomic E-state index is -0.790. The van der Waals surface area contributed by atoms with Gasteiger partial charge in [0, 0.05) is 11.8 Å². The van der Waals surface area contributed by atoms with E-state index in [2.05, 4.69) is 4.98 Å². The summed E-state index contributed by atoms with van der Waals surface area (Å²) in [7, 11) is 1.57. The van der Waals surface area contributed by atoms with Crippen LogP contribution in [0.2, 0.25) is 0 Å². The highest BCUT2D eigenvalue weighted by atomic mass is 19.1. The molecule has 3 rings (SSSR count). The van der Waals surface area contributed by atoms with E-state index in [0.717, 1.165) is 5.56 Å².